The molecule has 2 rings (SSSR count). The largest absolute Gasteiger partial charge is 0.467 e. The van der Waals surface area contributed by atoms with Gasteiger partial charge < -0.3 is 14.2 Å². The van der Waals surface area contributed by atoms with Gasteiger partial charge in [0.2, 0.25) is 0 Å². The summed E-state index contributed by atoms with van der Waals surface area (Å²) >= 11 is 0. The van der Waals surface area contributed by atoms with Crippen molar-refractivity contribution in [1.82, 2.24) is 0 Å². The molecule has 0 aromatic heterocycles. The van der Waals surface area contributed by atoms with Crippen LogP contribution < -0.4 is 9.47 Å². The van der Waals surface area contributed by atoms with Crippen LogP contribution in [0.1, 0.15) is 0 Å². The van der Waals surface area contributed by atoms with E-state index in [-0.39, 0.29) is 11.7 Å². The van der Waals surface area contributed by atoms with Crippen LogP contribution in [0.4, 0.5) is 0 Å². The molecule has 0 radical (unpaired) electrons. The molecule has 0 bridgehead atoms. The van der Waals surface area contributed by atoms with E-state index in [2.05, 4.69) is 0 Å². The zero-order chi connectivity index (χ0) is 15.3. The van der Waals surface area contributed by atoms with Crippen molar-refractivity contribution in [2.24, 2.45) is 0 Å². The van der Waals surface area contributed by atoms with Crippen LogP contribution in [-0.4, -0.2) is 28.6 Å². The van der Waals surface area contributed by atoms with E-state index in [0.717, 1.165) is 0 Å². The van der Waals surface area contributed by atoms with E-state index in [1.165, 1.54) is 18.4 Å². The maximum Gasteiger partial charge on any atom is 0.188 e. The molecular weight excluding hydrogens is 292 g/mol. The van der Waals surface area contributed by atoms with Crippen LogP contribution in [0.25, 0.3) is 0 Å². The molecule has 0 saturated heterocycles. The lowest BCUT2D eigenvalue weighted by atomic mass is 10.3. The third-order valence-electron chi connectivity index (χ3n) is 2.64. The number of rotatable bonds is 6. The van der Waals surface area contributed by atoms with Gasteiger partial charge in [0.15, 0.2) is 16.6 Å². The summed E-state index contributed by atoms with van der Waals surface area (Å²) in [5.74, 6) is 1.77. The Hall–Kier alpha value is -2.05. The zero-order valence-electron chi connectivity index (χ0n) is 11.8. The van der Waals surface area contributed by atoms with Gasteiger partial charge in [-0.25, -0.2) is 8.42 Å². The summed E-state index contributed by atoms with van der Waals surface area (Å²) in [5, 5.41) is 0. The van der Waals surface area contributed by atoms with Gasteiger partial charge in [-0.1, -0.05) is 6.07 Å². The molecule has 5 nitrogen and oxygen atoms in total. The first-order valence-corrected chi connectivity index (χ1v) is 8.08. The molecule has 0 atom stereocenters. The van der Waals surface area contributed by atoms with Crippen LogP contribution in [0.5, 0.6) is 17.2 Å². The minimum Gasteiger partial charge on any atom is -0.467 e. The van der Waals surface area contributed by atoms with Gasteiger partial charge in [-0.05, 0) is 36.4 Å². The molecule has 0 fully saturated rings. The lowest BCUT2D eigenvalue weighted by Gasteiger charge is -2.09. The van der Waals surface area contributed by atoms with Crippen molar-refractivity contribution in [1.29, 1.82) is 0 Å². The first-order chi connectivity index (χ1) is 9.99. The average Bonchev–Trinajstić information content (AvgIpc) is 2.45. The van der Waals surface area contributed by atoms with Crippen molar-refractivity contribution in [3.8, 4) is 17.2 Å². The van der Waals surface area contributed by atoms with Gasteiger partial charge in [-0.2, -0.15) is 0 Å². The molecule has 112 valence electrons. The Kier molecular flexibility index (Phi) is 4.82. The summed E-state index contributed by atoms with van der Waals surface area (Å²) < 4.78 is 38.6. The van der Waals surface area contributed by atoms with E-state index in [1.807, 2.05) is 0 Å². The molecule has 0 heterocycles. The number of hydrogen-bond donors (Lipinski definition) is 0. The maximum atomic E-state index is 11.4. The predicted molar refractivity (Wildman–Crippen MR) is 78.6 cm³/mol. The minimum absolute atomic E-state index is 0.159. The smallest absolute Gasteiger partial charge is 0.188 e. The molecular formula is C15H16O5S. The second-order valence-corrected chi connectivity index (χ2v) is 6.39. The highest BCUT2D eigenvalue weighted by molar-refractivity contribution is 7.90. The molecule has 2 aromatic rings. The van der Waals surface area contributed by atoms with Crippen LogP contribution in [0.3, 0.4) is 0 Å². The van der Waals surface area contributed by atoms with Gasteiger partial charge in [-0.15, -0.1) is 0 Å². The molecule has 21 heavy (non-hydrogen) atoms. The van der Waals surface area contributed by atoms with E-state index in [0.29, 0.717) is 17.2 Å². The molecule has 2 aromatic carbocycles. The van der Waals surface area contributed by atoms with E-state index in [9.17, 15) is 8.42 Å². The van der Waals surface area contributed by atoms with Crippen molar-refractivity contribution in [3.05, 3.63) is 48.5 Å². The molecule has 0 aliphatic heterocycles. The molecule has 0 saturated carbocycles. The Morgan fingerprint density at radius 1 is 0.952 bits per heavy atom. The van der Waals surface area contributed by atoms with Gasteiger partial charge in [0.1, 0.15) is 17.2 Å². The fourth-order valence-electron chi connectivity index (χ4n) is 1.65. The molecule has 6 heteroatoms. The Morgan fingerprint density at radius 2 is 1.62 bits per heavy atom. The molecule has 0 aliphatic carbocycles. The Morgan fingerprint density at radius 3 is 2.24 bits per heavy atom. The highest BCUT2D eigenvalue weighted by Crippen LogP contribution is 2.26. The third kappa shape index (κ3) is 4.47. The molecule has 0 N–H and O–H groups in total. The van der Waals surface area contributed by atoms with Crippen LogP contribution in [0.15, 0.2) is 53.4 Å². The van der Waals surface area contributed by atoms with Gasteiger partial charge in [0.05, 0.1) is 4.90 Å². The van der Waals surface area contributed by atoms with E-state index in [1.54, 1.807) is 43.5 Å². The summed E-state index contributed by atoms with van der Waals surface area (Å²) in [6.45, 7) is 0.159. The fraction of sp³-hybridized carbons (Fsp3) is 0.200. The van der Waals surface area contributed by atoms with Crippen LogP contribution in [0, 0.1) is 0 Å². The number of sulfone groups is 1. The maximum absolute atomic E-state index is 11.4. The Bertz CT molecular complexity index is 692. The lowest BCUT2D eigenvalue weighted by molar-refractivity contribution is 0.0510. The van der Waals surface area contributed by atoms with Gasteiger partial charge in [0, 0.05) is 19.4 Å². The third-order valence-corrected chi connectivity index (χ3v) is 3.77. The van der Waals surface area contributed by atoms with Crippen molar-refractivity contribution in [2.75, 3.05) is 20.2 Å². The van der Waals surface area contributed by atoms with Crippen molar-refractivity contribution in [3.63, 3.8) is 0 Å². The Labute approximate surface area is 124 Å². The summed E-state index contributed by atoms with van der Waals surface area (Å²) in [4.78, 5) is 0.257. The SMILES string of the molecule is COCOc1cccc(Oc2ccc(S(C)(=O)=O)cc2)c1. The van der Waals surface area contributed by atoms with Crippen LogP contribution in [-0.2, 0) is 14.6 Å². The average molecular weight is 308 g/mol. The molecule has 0 aliphatic rings. The summed E-state index contributed by atoms with van der Waals surface area (Å²) in [5.41, 5.74) is 0. The van der Waals surface area contributed by atoms with E-state index in [4.69, 9.17) is 14.2 Å². The van der Waals surface area contributed by atoms with Gasteiger partial charge >= 0.3 is 0 Å². The Balaban J connectivity index is 2.11. The lowest BCUT2D eigenvalue weighted by Crippen LogP contribution is -1.98. The molecule has 0 unspecified atom stereocenters. The molecule has 0 spiro atoms. The summed E-state index contributed by atoms with van der Waals surface area (Å²) in [7, 11) is -1.65. The van der Waals surface area contributed by atoms with Crippen molar-refractivity contribution < 1.29 is 22.6 Å². The normalized spacial score (nSPS) is 11.1. The monoisotopic (exact) mass is 308 g/mol. The van der Waals surface area contributed by atoms with Gasteiger partial charge in [-0.3, -0.25) is 0 Å². The zero-order valence-corrected chi connectivity index (χ0v) is 12.6. The topological polar surface area (TPSA) is 61.8 Å². The first-order valence-electron chi connectivity index (χ1n) is 6.19. The fourth-order valence-corrected chi connectivity index (χ4v) is 2.28. The van der Waals surface area contributed by atoms with Crippen molar-refractivity contribution in [2.45, 2.75) is 4.90 Å². The minimum atomic E-state index is -3.20. The molecule has 0 amide bonds. The van der Waals surface area contributed by atoms with Crippen LogP contribution in [0.2, 0.25) is 0 Å². The van der Waals surface area contributed by atoms with Gasteiger partial charge in [0.25, 0.3) is 0 Å². The van der Waals surface area contributed by atoms with Crippen LogP contribution >= 0.6 is 0 Å². The second kappa shape index (κ2) is 6.60. The van der Waals surface area contributed by atoms with E-state index >= 15 is 0 Å². The highest BCUT2D eigenvalue weighted by atomic mass is 32.2. The number of ether oxygens (including phenoxy) is 3. The second-order valence-electron chi connectivity index (χ2n) is 4.37. The number of methoxy groups -OCH3 is 1. The summed E-state index contributed by atoms with van der Waals surface area (Å²) in [6.07, 6.45) is 1.17. The van der Waals surface area contributed by atoms with Crippen molar-refractivity contribution >= 4 is 9.84 Å². The predicted octanol–water partition coefficient (Wildman–Crippen LogP) is 2.87. The number of hydrogen-bond acceptors (Lipinski definition) is 5. The van der Waals surface area contributed by atoms with E-state index < -0.39 is 9.84 Å². The first kappa shape index (κ1) is 15.3. The summed E-state index contributed by atoms with van der Waals surface area (Å²) in [6, 6.07) is 13.3. The number of benzene rings is 2. The highest BCUT2D eigenvalue weighted by Gasteiger charge is 2.07. The standard InChI is InChI=1S/C15H16O5S/c1-18-11-19-13-4-3-5-14(10-13)20-12-6-8-15(9-7-12)21(2,16)17/h3-10H,11H2,1-2H3. The quantitative estimate of drug-likeness (QED) is 0.768.